The molecule has 1 aromatic heterocycles. The zero-order chi connectivity index (χ0) is 14.8. The van der Waals surface area contributed by atoms with E-state index < -0.39 is 5.97 Å². The van der Waals surface area contributed by atoms with Gasteiger partial charge in [0.15, 0.2) is 0 Å². The zero-order valence-corrected chi connectivity index (χ0v) is 11.7. The van der Waals surface area contributed by atoms with Crippen molar-refractivity contribution in [3.05, 3.63) is 65.7 Å². The second kappa shape index (κ2) is 5.37. The molecule has 3 nitrogen and oxygen atoms in total. The van der Waals surface area contributed by atoms with Crippen LogP contribution < -0.4 is 0 Å². The van der Waals surface area contributed by atoms with Gasteiger partial charge >= 0.3 is 5.97 Å². The standard InChI is InChI=1S/C18H15NO2/c1-2-12-9-6-10-14-15(18(20)21)11-16(19-17(12)14)13-7-4-3-5-8-13/h3-11H,2H2,1H3,(H,20,21). The fourth-order valence-electron chi connectivity index (χ4n) is 2.53. The Morgan fingerprint density at radius 3 is 2.52 bits per heavy atom. The molecule has 0 saturated heterocycles. The summed E-state index contributed by atoms with van der Waals surface area (Å²) in [5.41, 5.74) is 3.76. The van der Waals surface area contributed by atoms with Crippen LogP contribution in [0.2, 0.25) is 0 Å². The van der Waals surface area contributed by atoms with Gasteiger partial charge in [-0.3, -0.25) is 0 Å². The summed E-state index contributed by atoms with van der Waals surface area (Å²) >= 11 is 0. The SMILES string of the molecule is CCc1cccc2c(C(=O)O)cc(-c3ccccc3)nc12. The van der Waals surface area contributed by atoms with Gasteiger partial charge in [0.25, 0.3) is 0 Å². The lowest BCUT2D eigenvalue weighted by Crippen LogP contribution is -2.01. The number of aromatic carboxylic acids is 1. The second-order valence-electron chi connectivity index (χ2n) is 4.89. The van der Waals surface area contributed by atoms with E-state index in [0.29, 0.717) is 16.6 Å². The Hall–Kier alpha value is -2.68. The number of benzene rings is 2. The van der Waals surface area contributed by atoms with E-state index in [1.165, 1.54) is 0 Å². The molecular weight excluding hydrogens is 262 g/mol. The van der Waals surface area contributed by atoms with Crippen LogP contribution in [0.4, 0.5) is 0 Å². The van der Waals surface area contributed by atoms with Gasteiger partial charge in [0.2, 0.25) is 0 Å². The lowest BCUT2D eigenvalue weighted by atomic mass is 10.0. The fraction of sp³-hybridized carbons (Fsp3) is 0.111. The van der Waals surface area contributed by atoms with E-state index in [2.05, 4.69) is 0 Å². The summed E-state index contributed by atoms with van der Waals surface area (Å²) in [6.45, 7) is 2.05. The molecule has 0 saturated carbocycles. The summed E-state index contributed by atoms with van der Waals surface area (Å²) in [7, 11) is 0. The molecule has 0 aliphatic carbocycles. The van der Waals surface area contributed by atoms with E-state index in [4.69, 9.17) is 4.98 Å². The van der Waals surface area contributed by atoms with Crippen molar-refractivity contribution in [2.45, 2.75) is 13.3 Å². The van der Waals surface area contributed by atoms with Gasteiger partial charge in [-0.25, -0.2) is 9.78 Å². The average Bonchev–Trinajstić information content (AvgIpc) is 2.53. The Morgan fingerprint density at radius 1 is 1.10 bits per heavy atom. The zero-order valence-electron chi connectivity index (χ0n) is 11.7. The minimum absolute atomic E-state index is 0.300. The number of hydrogen-bond acceptors (Lipinski definition) is 2. The molecule has 3 rings (SSSR count). The molecule has 21 heavy (non-hydrogen) atoms. The number of para-hydroxylation sites is 1. The Bertz CT molecular complexity index is 810. The predicted octanol–water partition coefficient (Wildman–Crippen LogP) is 4.16. The summed E-state index contributed by atoms with van der Waals surface area (Å²) in [5, 5.41) is 10.2. The molecule has 0 aliphatic rings. The normalized spacial score (nSPS) is 10.7. The molecule has 3 heteroatoms. The first-order valence-corrected chi connectivity index (χ1v) is 6.92. The van der Waals surface area contributed by atoms with Crippen LogP contribution in [-0.4, -0.2) is 16.1 Å². The molecule has 0 aliphatic heterocycles. The third-order valence-electron chi connectivity index (χ3n) is 3.60. The summed E-state index contributed by atoms with van der Waals surface area (Å²) in [6.07, 6.45) is 0.821. The van der Waals surface area contributed by atoms with Crippen LogP contribution in [0.15, 0.2) is 54.6 Å². The fourth-order valence-corrected chi connectivity index (χ4v) is 2.53. The lowest BCUT2D eigenvalue weighted by molar-refractivity contribution is 0.0699. The monoisotopic (exact) mass is 277 g/mol. The van der Waals surface area contributed by atoms with E-state index >= 15 is 0 Å². The molecule has 0 atom stereocenters. The molecule has 0 bridgehead atoms. The van der Waals surface area contributed by atoms with Gasteiger partial charge in [0, 0.05) is 10.9 Å². The van der Waals surface area contributed by atoms with Gasteiger partial charge in [-0.15, -0.1) is 0 Å². The van der Waals surface area contributed by atoms with Crippen molar-refractivity contribution < 1.29 is 9.90 Å². The molecular formula is C18H15NO2. The highest BCUT2D eigenvalue weighted by molar-refractivity contribution is 6.04. The van der Waals surface area contributed by atoms with Crippen LogP contribution in [0.25, 0.3) is 22.2 Å². The number of carboxylic acid groups (broad SMARTS) is 1. The number of carboxylic acids is 1. The van der Waals surface area contributed by atoms with Crippen LogP contribution in [0.3, 0.4) is 0 Å². The van der Waals surface area contributed by atoms with Gasteiger partial charge in [-0.2, -0.15) is 0 Å². The molecule has 1 heterocycles. The average molecular weight is 277 g/mol. The summed E-state index contributed by atoms with van der Waals surface area (Å²) in [4.78, 5) is 16.3. The lowest BCUT2D eigenvalue weighted by Gasteiger charge is -2.10. The van der Waals surface area contributed by atoms with Crippen LogP contribution >= 0.6 is 0 Å². The molecule has 0 fully saturated rings. The van der Waals surface area contributed by atoms with E-state index in [0.717, 1.165) is 23.1 Å². The van der Waals surface area contributed by atoms with E-state index in [1.54, 1.807) is 6.07 Å². The minimum Gasteiger partial charge on any atom is -0.478 e. The molecule has 0 amide bonds. The minimum atomic E-state index is -0.923. The Kier molecular flexibility index (Phi) is 3.40. The van der Waals surface area contributed by atoms with Crippen molar-refractivity contribution in [1.29, 1.82) is 0 Å². The maximum absolute atomic E-state index is 11.6. The van der Waals surface area contributed by atoms with Gasteiger partial charge in [0.1, 0.15) is 0 Å². The van der Waals surface area contributed by atoms with E-state index in [-0.39, 0.29) is 0 Å². The van der Waals surface area contributed by atoms with Crippen molar-refractivity contribution in [2.24, 2.45) is 0 Å². The maximum atomic E-state index is 11.6. The number of rotatable bonds is 3. The first-order valence-electron chi connectivity index (χ1n) is 6.92. The van der Waals surface area contributed by atoms with Gasteiger partial charge < -0.3 is 5.11 Å². The number of pyridine rings is 1. The number of aryl methyl sites for hydroxylation is 1. The topological polar surface area (TPSA) is 50.2 Å². The molecule has 0 spiro atoms. The molecule has 104 valence electrons. The highest BCUT2D eigenvalue weighted by atomic mass is 16.4. The first-order chi connectivity index (χ1) is 10.2. The number of hydrogen-bond donors (Lipinski definition) is 1. The van der Waals surface area contributed by atoms with Gasteiger partial charge in [0.05, 0.1) is 16.8 Å². The molecule has 0 unspecified atom stereocenters. The Labute approximate surface area is 122 Å². The largest absolute Gasteiger partial charge is 0.478 e. The molecule has 2 aromatic carbocycles. The van der Waals surface area contributed by atoms with E-state index in [9.17, 15) is 9.90 Å². The Balaban J connectivity index is 2.36. The maximum Gasteiger partial charge on any atom is 0.336 e. The summed E-state index contributed by atoms with van der Waals surface area (Å²) in [6, 6.07) is 17.0. The van der Waals surface area contributed by atoms with Gasteiger partial charge in [-0.05, 0) is 18.1 Å². The molecule has 3 aromatic rings. The second-order valence-corrected chi connectivity index (χ2v) is 4.89. The van der Waals surface area contributed by atoms with Gasteiger partial charge in [-0.1, -0.05) is 55.5 Å². The number of fused-ring (bicyclic) bond motifs is 1. The van der Waals surface area contributed by atoms with Crippen molar-refractivity contribution in [1.82, 2.24) is 4.98 Å². The molecule has 1 N–H and O–H groups in total. The van der Waals surface area contributed by atoms with Crippen LogP contribution in [-0.2, 0) is 6.42 Å². The summed E-state index contributed by atoms with van der Waals surface area (Å²) < 4.78 is 0. The van der Waals surface area contributed by atoms with Crippen molar-refractivity contribution >= 4 is 16.9 Å². The van der Waals surface area contributed by atoms with E-state index in [1.807, 2.05) is 55.5 Å². The quantitative estimate of drug-likeness (QED) is 0.782. The predicted molar refractivity (Wildman–Crippen MR) is 83.5 cm³/mol. The first kappa shape index (κ1) is 13.3. The van der Waals surface area contributed by atoms with Crippen LogP contribution in [0.5, 0.6) is 0 Å². The Morgan fingerprint density at radius 2 is 1.86 bits per heavy atom. The summed E-state index contributed by atoms with van der Waals surface area (Å²) in [5.74, 6) is -0.923. The number of aromatic nitrogens is 1. The third kappa shape index (κ3) is 2.38. The van der Waals surface area contributed by atoms with Crippen molar-refractivity contribution in [3.63, 3.8) is 0 Å². The van der Waals surface area contributed by atoms with Crippen LogP contribution in [0.1, 0.15) is 22.8 Å². The molecule has 0 radical (unpaired) electrons. The third-order valence-corrected chi connectivity index (χ3v) is 3.60. The highest BCUT2D eigenvalue weighted by Gasteiger charge is 2.14. The number of carbonyl (C=O) groups is 1. The highest BCUT2D eigenvalue weighted by Crippen LogP contribution is 2.27. The smallest absolute Gasteiger partial charge is 0.336 e. The number of nitrogens with zero attached hydrogens (tertiary/aromatic N) is 1. The van der Waals surface area contributed by atoms with Crippen molar-refractivity contribution in [2.75, 3.05) is 0 Å². The van der Waals surface area contributed by atoms with Crippen molar-refractivity contribution in [3.8, 4) is 11.3 Å². The van der Waals surface area contributed by atoms with Crippen LogP contribution in [0, 0.1) is 0 Å².